The van der Waals surface area contributed by atoms with Crippen molar-refractivity contribution in [2.45, 2.75) is 19.9 Å². The molecule has 2 nitrogen and oxygen atoms in total. The number of likely N-dealkylation sites (tertiary alicyclic amines) is 1. The Labute approximate surface area is 110 Å². The first-order valence-corrected chi connectivity index (χ1v) is 7.11. The third-order valence-electron chi connectivity index (χ3n) is 3.01. The quantitative estimate of drug-likeness (QED) is 0.617. The van der Waals surface area contributed by atoms with Crippen LogP contribution in [0.5, 0.6) is 0 Å². The summed E-state index contributed by atoms with van der Waals surface area (Å²) < 4.78 is 1.08. The van der Waals surface area contributed by atoms with Gasteiger partial charge < -0.3 is 4.90 Å². The summed E-state index contributed by atoms with van der Waals surface area (Å²) in [6, 6.07) is 8.43. The highest BCUT2D eigenvalue weighted by atomic mass is 127. The number of alkyl halides is 1. The summed E-state index contributed by atoms with van der Waals surface area (Å²) in [4.78, 5) is 13.7. The lowest BCUT2D eigenvalue weighted by Crippen LogP contribution is -2.24. The maximum Gasteiger partial charge on any atom is 0.223 e. The smallest absolute Gasteiger partial charge is 0.223 e. The number of hydrogen-bond donors (Lipinski definition) is 0. The molecule has 0 radical (unpaired) electrons. The highest BCUT2D eigenvalue weighted by Gasteiger charge is 2.28. The number of rotatable bonds is 3. The van der Waals surface area contributed by atoms with Gasteiger partial charge in [-0.25, -0.2) is 0 Å². The molecule has 0 aromatic heterocycles. The van der Waals surface area contributed by atoms with Gasteiger partial charge in [0.25, 0.3) is 0 Å². The maximum absolute atomic E-state index is 11.7. The molecular weight excluding hydrogens is 313 g/mol. The molecule has 1 aromatic carbocycles. The first kappa shape index (κ1) is 11.9. The first-order valence-electron chi connectivity index (χ1n) is 5.58. The van der Waals surface area contributed by atoms with Crippen LogP contribution in [-0.2, 0) is 11.3 Å². The summed E-state index contributed by atoms with van der Waals surface area (Å²) in [6.45, 7) is 3.78. The second kappa shape index (κ2) is 5.17. The average Bonchev–Trinajstić information content (AvgIpc) is 2.63. The lowest BCUT2D eigenvalue weighted by atomic mass is 10.1. The van der Waals surface area contributed by atoms with Gasteiger partial charge in [-0.3, -0.25) is 4.79 Å². The van der Waals surface area contributed by atoms with Gasteiger partial charge in [0.05, 0.1) is 0 Å². The molecule has 0 spiro atoms. The minimum Gasteiger partial charge on any atom is -0.338 e. The van der Waals surface area contributed by atoms with Crippen molar-refractivity contribution < 1.29 is 4.79 Å². The highest BCUT2D eigenvalue weighted by molar-refractivity contribution is 14.1. The van der Waals surface area contributed by atoms with Crippen LogP contribution in [0.2, 0.25) is 0 Å². The third kappa shape index (κ3) is 2.75. The Balaban J connectivity index is 2.00. The van der Waals surface area contributed by atoms with Crippen molar-refractivity contribution >= 4 is 28.5 Å². The van der Waals surface area contributed by atoms with Crippen molar-refractivity contribution in [3.63, 3.8) is 0 Å². The normalized spacial score (nSPS) is 20.5. The van der Waals surface area contributed by atoms with Gasteiger partial charge in [-0.15, -0.1) is 0 Å². The minimum absolute atomic E-state index is 0.308. The van der Waals surface area contributed by atoms with Gasteiger partial charge in [0.1, 0.15) is 0 Å². The van der Waals surface area contributed by atoms with Crippen LogP contribution in [0.25, 0.3) is 0 Å². The zero-order chi connectivity index (χ0) is 11.5. The van der Waals surface area contributed by atoms with Crippen LogP contribution >= 0.6 is 22.6 Å². The Kier molecular flexibility index (Phi) is 3.84. The zero-order valence-corrected chi connectivity index (χ0v) is 11.6. The number of carbonyl (C=O) groups is 1. The number of amides is 1. The lowest BCUT2D eigenvalue weighted by Gasteiger charge is -2.16. The summed E-state index contributed by atoms with van der Waals surface area (Å²) >= 11 is 2.37. The van der Waals surface area contributed by atoms with Gasteiger partial charge in [-0.2, -0.15) is 0 Å². The van der Waals surface area contributed by atoms with Gasteiger partial charge in [-0.05, 0) is 18.4 Å². The fourth-order valence-corrected chi connectivity index (χ4v) is 2.61. The number of halogens is 1. The van der Waals surface area contributed by atoms with E-state index < -0.39 is 0 Å². The Morgan fingerprint density at radius 2 is 2.06 bits per heavy atom. The summed E-state index contributed by atoms with van der Waals surface area (Å²) in [5.74, 6) is 0.862. The maximum atomic E-state index is 11.7. The monoisotopic (exact) mass is 329 g/mol. The average molecular weight is 329 g/mol. The van der Waals surface area contributed by atoms with Gasteiger partial charge in [0, 0.05) is 23.9 Å². The largest absolute Gasteiger partial charge is 0.338 e. The van der Waals surface area contributed by atoms with Gasteiger partial charge in [0.15, 0.2) is 0 Å². The van der Waals surface area contributed by atoms with Crippen LogP contribution in [0.15, 0.2) is 24.3 Å². The molecule has 1 aliphatic rings. The molecule has 1 aliphatic heterocycles. The van der Waals surface area contributed by atoms with Crippen LogP contribution in [0.4, 0.5) is 0 Å². The van der Waals surface area contributed by atoms with Crippen molar-refractivity contribution in [2.75, 3.05) is 11.0 Å². The molecule has 0 saturated carbocycles. The highest BCUT2D eigenvalue weighted by Crippen LogP contribution is 2.21. The van der Waals surface area contributed by atoms with Crippen molar-refractivity contribution in [2.24, 2.45) is 5.92 Å². The van der Waals surface area contributed by atoms with E-state index in [1.807, 2.05) is 4.90 Å². The number of carbonyl (C=O) groups excluding carboxylic acids is 1. The second-order valence-corrected chi connectivity index (χ2v) is 5.37. The van der Waals surface area contributed by atoms with E-state index in [4.69, 9.17) is 0 Å². The summed E-state index contributed by atoms with van der Waals surface area (Å²) in [5, 5.41) is 0. The van der Waals surface area contributed by atoms with Crippen LogP contribution in [-0.4, -0.2) is 21.8 Å². The molecule has 0 N–H and O–H groups in total. The molecule has 1 fully saturated rings. The molecular formula is C13H16INO. The molecule has 1 atom stereocenters. The van der Waals surface area contributed by atoms with E-state index in [9.17, 15) is 4.79 Å². The molecule has 1 amide bonds. The van der Waals surface area contributed by atoms with Gasteiger partial charge in [-0.1, -0.05) is 52.4 Å². The van der Waals surface area contributed by atoms with Gasteiger partial charge in [0.2, 0.25) is 5.91 Å². The van der Waals surface area contributed by atoms with E-state index in [1.165, 1.54) is 11.1 Å². The summed E-state index contributed by atoms with van der Waals surface area (Å²) in [6.07, 6.45) is 0.731. The molecule has 3 heteroatoms. The van der Waals surface area contributed by atoms with E-state index in [0.717, 1.165) is 23.9 Å². The summed E-state index contributed by atoms with van der Waals surface area (Å²) in [5.41, 5.74) is 2.50. The predicted octanol–water partition coefficient (Wildman–Crippen LogP) is 2.78. The molecule has 86 valence electrons. The van der Waals surface area contributed by atoms with E-state index in [1.54, 1.807) is 0 Å². The van der Waals surface area contributed by atoms with Crippen molar-refractivity contribution in [3.05, 3.63) is 35.4 Å². The first-order chi connectivity index (χ1) is 7.69. The second-order valence-electron chi connectivity index (χ2n) is 4.48. The Hall–Kier alpha value is -0.580. The number of hydrogen-bond acceptors (Lipinski definition) is 1. The number of benzene rings is 1. The minimum atomic E-state index is 0.308. The van der Waals surface area contributed by atoms with E-state index >= 15 is 0 Å². The topological polar surface area (TPSA) is 20.3 Å². The third-order valence-corrected chi connectivity index (χ3v) is 4.25. The van der Waals surface area contributed by atoms with E-state index in [2.05, 4.69) is 53.8 Å². The standard InChI is InChI=1S/C13H16INO/c1-10-2-4-11(5-3-10)8-15-9-12(7-14)6-13(15)16/h2-5,12H,6-9H2,1H3. The van der Waals surface area contributed by atoms with Gasteiger partial charge >= 0.3 is 0 Å². The Bertz CT molecular complexity index is 374. The van der Waals surface area contributed by atoms with Crippen LogP contribution in [0.3, 0.4) is 0 Å². The van der Waals surface area contributed by atoms with Crippen LogP contribution in [0, 0.1) is 12.8 Å². The van der Waals surface area contributed by atoms with Crippen molar-refractivity contribution in [1.29, 1.82) is 0 Å². The van der Waals surface area contributed by atoms with Crippen molar-refractivity contribution in [3.8, 4) is 0 Å². The van der Waals surface area contributed by atoms with E-state index in [0.29, 0.717) is 11.8 Å². The molecule has 0 aliphatic carbocycles. The summed E-state index contributed by atoms with van der Waals surface area (Å²) in [7, 11) is 0. The molecule has 0 bridgehead atoms. The molecule has 1 saturated heterocycles. The zero-order valence-electron chi connectivity index (χ0n) is 9.45. The lowest BCUT2D eigenvalue weighted by molar-refractivity contribution is -0.128. The predicted molar refractivity (Wildman–Crippen MR) is 73.6 cm³/mol. The van der Waals surface area contributed by atoms with E-state index in [-0.39, 0.29) is 0 Å². The molecule has 16 heavy (non-hydrogen) atoms. The van der Waals surface area contributed by atoms with Crippen LogP contribution in [0.1, 0.15) is 17.5 Å². The molecule has 1 aromatic rings. The Morgan fingerprint density at radius 3 is 2.62 bits per heavy atom. The molecule has 2 rings (SSSR count). The van der Waals surface area contributed by atoms with Crippen LogP contribution < -0.4 is 0 Å². The number of aryl methyl sites for hydroxylation is 1. The SMILES string of the molecule is Cc1ccc(CN2CC(CI)CC2=O)cc1. The fourth-order valence-electron chi connectivity index (χ4n) is 2.02. The fraction of sp³-hybridized carbons (Fsp3) is 0.462. The Morgan fingerprint density at radius 1 is 1.38 bits per heavy atom. The molecule has 1 heterocycles. The van der Waals surface area contributed by atoms with Crippen molar-refractivity contribution in [1.82, 2.24) is 4.90 Å². The molecule has 1 unspecified atom stereocenters. The number of nitrogens with zero attached hydrogens (tertiary/aromatic N) is 1.